The third-order valence-corrected chi connectivity index (χ3v) is 4.19. The van der Waals surface area contributed by atoms with Gasteiger partial charge in [0.15, 0.2) is 0 Å². The minimum absolute atomic E-state index is 0.230. The van der Waals surface area contributed by atoms with Crippen LogP contribution in [-0.2, 0) is 12.8 Å². The molecule has 2 aromatic rings. The molecule has 0 saturated heterocycles. The number of benzene rings is 2. The highest BCUT2D eigenvalue weighted by Crippen LogP contribution is 2.28. The van der Waals surface area contributed by atoms with Crippen molar-refractivity contribution in [3.8, 4) is 0 Å². The second-order valence-electron chi connectivity index (χ2n) is 5.65. The van der Waals surface area contributed by atoms with Gasteiger partial charge in [0, 0.05) is 0 Å². The third kappa shape index (κ3) is 2.48. The van der Waals surface area contributed by atoms with E-state index in [1.165, 1.54) is 30.0 Å². The highest BCUT2D eigenvalue weighted by molar-refractivity contribution is 5.39. The lowest BCUT2D eigenvalue weighted by Crippen LogP contribution is -2.06. The Morgan fingerprint density at radius 1 is 0.950 bits per heavy atom. The molecular weight excluding hydrogens is 251 g/mol. The lowest BCUT2D eigenvalue weighted by Gasteiger charge is -2.19. The average Bonchev–Trinajstić information content (AvgIpc) is 2.49. The number of rotatable bonds is 2. The zero-order chi connectivity index (χ0) is 14.1. The van der Waals surface area contributed by atoms with Gasteiger partial charge in [-0.05, 0) is 66.5 Å². The third-order valence-electron chi connectivity index (χ3n) is 4.19. The van der Waals surface area contributed by atoms with Crippen LogP contribution in [0, 0.1) is 12.7 Å². The first-order valence-corrected chi connectivity index (χ1v) is 7.21. The summed E-state index contributed by atoms with van der Waals surface area (Å²) in [4.78, 5) is 0. The van der Waals surface area contributed by atoms with E-state index in [2.05, 4.69) is 12.1 Å². The predicted octanol–water partition coefficient (Wildman–Crippen LogP) is 4.09. The Labute approximate surface area is 119 Å². The van der Waals surface area contributed by atoms with Crippen molar-refractivity contribution in [3.63, 3.8) is 0 Å². The fourth-order valence-electron chi connectivity index (χ4n) is 2.95. The lowest BCUT2D eigenvalue weighted by atomic mass is 9.88. The number of fused-ring (bicyclic) bond motifs is 1. The topological polar surface area (TPSA) is 20.2 Å². The van der Waals surface area contributed by atoms with Crippen LogP contribution in [0.3, 0.4) is 0 Å². The van der Waals surface area contributed by atoms with E-state index < -0.39 is 6.10 Å². The van der Waals surface area contributed by atoms with E-state index in [9.17, 15) is 9.50 Å². The van der Waals surface area contributed by atoms with Crippen LogP contribution >= 0.6 is 0 Å². The van der Waals surface area contributed by atoms with Crippen molar-refractivity contribution < 1.29 is 9.50 Å². The number of aliphatic hydroxyl groups excluding tert-OH is 1. The summed E-state index contributed by atoms with van der Waals surface area (Å²) >= 11 is 0. The van der Waals surface area contributed by atoms with Crippen molar-refractivity contribution in [2.24, 2.45) is 0 Å². The molecule has 0 aromatic heterocycles. The van der Waals surface area contributed by atoms with Crippen LogP contribution < -0.4 is 0 Å². The Hall–Kier alpha value is -1.67. The van der Waals surface area contributed by atoms with Crippen molar-refractivity contribution in [1.29, 1.82) is 0 Å². The van der Waals surface area contributed by atoms with Crippen LogP contribution in [0.2, 0.25) is 0 Å². The largest absolute Gasteiger partial charge is 0.384 e. The Bertz CT molecular complexity index is 633. The van der Waals surface area contributed by atoms with Gasteiger partial charge in [0.25, 0.3) is 0 Å². The SMILES string of the molecule is Cc1cc(C(O)c2ccc3c(c2)CCCC3)ccc1F. The van der Waals surface area contributed by atoms with Gasteiger partial charge in [-0.1, -0.05) is 30.3 Å². The Kier molecular flexibility index (Phi) is 3.58. The molecule has 2 heteroatoms. The molecule has 0 bridgehead atoms. The fourth-order valence-corrected chi connectivity index (χ4v) is 2.95. The highest BCUT2D eigenvalue weighted by atomic mass is 19.1. The molecule has 0 spiro atoms. The van der Waals surface area contributed by atoms with E-state index >= 15 is 0 Å². The van der Waals surface area contributed by atoms with Crippen molar-refractivity contribution >= 4 is 0 Å². The summed E-state index contributed by atoms with van der Waals surface area (Å²) in [6, 6.07) is 11.0. The smallest absolute Gasteiger partial charge is 0.126 e. The molecule has 2 aromatic carbocycles. The number of aliphatic hydroxyl groups is 1. The first-order valence-electron chi connectivity index (χ1n) is 7.21. The van der Waals surface area contributed by atoms with Gasteiger partial charge in [0.05, 0.1) is 0 Å². The summed E-state index contributed by atoms with van der Waals surface area (Å²) in [5.41, 5.74) is 4.98. The molecule has 20 heavy (non-hydrogen) atoms. The lowest BCUT2D eigenvalue weighted by molar-refractivity contribution is 0.220. The molecule has 0 heterocycles. The summed E-state index contributed by atoms with van der Waals surface area (Å²) in [6.45, 7) is 1.72. The van der Waals surface area contributed by atoms with Gasteiger partial charge >= 0.3 is 0 Å². The Morgan fingerprint density at radius 3 is 2.35 bits per heavy atom. The fraction of sp³-hybridized carbons (Fsp3) is 0.333. The number of hydrogen-bond donors (Lipinski definition) is 1. The minimum atomic E-state index is -0.679. The molecular formula is C18H19FO. The average molecular weight is 270 g/mol. The van der Waals surface area contributed by atoms with E-state index in [4.69, 9.17) is 0 Å². The first-order chi connectivity index (χ1) is 9.65. The normalized spacial score (nSPS) is 15.8. The predicted molar refractivity (Wildman–Crippen MR) is 78.3 cm³/mol. The second-order valence-corrected chi connectivity index (χ2v) is 5.65. The maximum absolute atomic E-state index is 13.3. The molecule has 104 valence electrons. The molecule has 1 atom stereocenters. The van der Waals surface area contributed by atoms with Gasteiger partial charge < -0.3 is 5.11 Å². The van der Waals surface area contributed by atoms with E-state index in [-0.39, 0.29) is 5.82 Å². The van der Waals surface area contributed by atoms with Gasteiger partial charge in [-0.2, -0.15) is 0 Å². The first kappa shape index (κ1) is 13.3. The molecule has 0 amide bonds. The zero-order valence-electron chi connectivity index (χ0n) is 11.7. The molecule has 0 saturated carbocycles. The number of halogens is 1. The minimum Gasteiger partial charge on any atom is -0.384 e. The van der Waals surface area contributed by atoms with Crippen LogP contribution in [0.5, 0.6) is 0 Å². The molecule has 3 rings (SSSR count). The van der Waals surface area contributed by atoms with Crippen LogP contribution in [0.4, 0.5) is 4.39 Å². The summed E-state index contributed by atoms with van der Waals surface area (Å²) in [7, 11) is 0. The van der Waals surface area contributed by atoms with Gasteiger partial charge in [0.1, 0.15) is 11.9 Å². The van der Waals surface area contributed by atoms with Crippen LogP contribution in [0.25, 0.3) is 0 Å². The molecule has 0 fully saturated rings. The molecule has 1 aliphatic rings. The molecule has 1 aliphatic carbocycles. The highest BCUT2D eigenvalue weighted by Gasteiger charge is 2.15. The van der Waals surface area contributed by atoms with Crippen LogP contribution in [0.15, 0.2) is 36.4 Å². The van der Waals surface area contributed by atoms with E-state index in [0.717, 1.165) is 24.0 Å². The summed E-state index contributed by atoms with van der Waals surface area (Å²) in [5.74, 6) is -0.230. The standard InChI is InChI=1S/C18H19FO/c1-12-10-15(8-9-17(12)19)18(20)16-7-6-13-4-2-3-5-14(13)11-16/h6-11,18,20H,2-5H2,1H3. The molecule has 1 nitrogen and oxygen atoms in total. The quantitative estimate of drug-likeness (QED) is 0.871. The zero-order valence-corrected chi connectivity index (χ0v) is 11.7. The molecule has 0 aliphatic heterocycles. The number of aryl methyl sites for hydroxylation is 3. The van der Waals surface area contributed by atoms with Crippen molar-refractivity contribution in [2.75, 3.05) is 0 Å². The molecule has 1 N–H and O–H groups in total. The van der Waals surface area contributed by atoms with E-state index in [1.807, 2.05) is 6.07 Å². The Balaban J connectivity index is 1.93. The van der Waals surface area contributed by atoms with Gasteiger partial charge in [-0.25, -0.2) is 4.39 Å². The maximum atomic E-state index is 13.3. The van der Waals surface area contributed by atoms with Crippen LogP contribution in [-0.4, -0.2) is 5.11 Å². The summed E-state index contributed by atoms with van der Waals surface area (Å²) in [6.07, 6.45) is 4.04. The maximum Gasteiger partial charge on any atom is 0.126 e. The number of hydrogen-bond acceptors (Lipinski definition) is 1. The van der Waals surface area contributed by atoms with E-state index in [0.29, 0.717) is 5.56 Å². The van der Waals surface area contributed by atoms with E-state index in [1.54, 1.807) is 19.1 Å². The van der Waals surface area contributed by atoms with Gasteiger partial charge in [-0.3, -0.25) is 0 Å². The van der Waals surface area contributed by atoms with Crippen LogP contribution in [0.1, 0.15) is 46.8 Å². The summed E-state index contributed by atoms with van der Waals surface area (Å²) in [5, 5.41) is 10.5. The van der Waals surface area contributed by atoms with Crippen molar-refractivity contribution in [2.45, 2.75) is 38.7 Å². The van der Waals surface area contributed by atoms with Gasteiger partial charge in [-0.15, -0.1) is 0 Å². The van der Waals surface area contributed by atoms with Crippen molar-refractivity contribution in [1.82, 2.24) is 0 Å². The van der Waals surface area contributed by atoms with Gasteiger partial charge in [0.2, 0.25) is 0 Å². The second kappa shape index (κ2) is 5.37. The molecule has 1 unspecified atom stereocenters. The van der Waals surface area contributed by atoms with Crippen molar-refractivity contribution in [3.05, 3.63) is 70.0 Å². The molecule has 0 radical (unpaired) electrons. The monoisotopic (exact) mass is 270 g/mol. The summed E-state index contributed by atoms with van der Waals surface area (Å²) < 4.78 is 13.3. The Morgan fingerprint density at radius 2 is 1.60 bits per heavy atom.